The summed E-state index contributed by atoms with van der Waals surface area (Å²) in [6.45, 7) is 0. The number of carbonyl (C=O) groups excluding carboxylic acids is 1. The molecule has 0 atom stereocenters. The molecule has 0 aromatic heterocycles. The summed E-state index contributed by atoms with van der Waals surface area (Å²) in [6.07, 6.45) is 0. The molecule has 0 unspecified atom stereocenters. The summed E-state index contributed by atoms with van der Waals surface area (Å²) in [5.41, 5.74) is 0. The van der Waals surface area contributed by atoms with Gasteiger partial charge in [-0.05, 0) is 10.4 Å². The van der Waals surface area contributed by atoms with E-state index < -0.39 is 8.80 Å². The molecule has 0 N–H and O–H groups in total. The van der Waals surface area contributed by atoms with Crippen molar-refractivity contribution in [1.82, 2.24) is 0 Å². The molecule has 1 nitrogen and oxygen atoms in total. The molecule has 0 aliphatic carbocycles. The minimum atomic E-state index is -1.22. The van der Waals surface area contributed by atoms with Gasteiger partial charge < -0.3 is 4.79 Å². The molecule has 0 aliphatic rings. The molecule has 0 saturated carbocycles. The van der Waals surface area contributed by atoms with Gasteiger partial charge in [0, 0.05) is 0 Å². The van der Waals surface area contributed by atoms with Crippen molar-refractivity contribution in [3.05, 3.63) is 60.7 Å². The van der Waals surface area contributed by atoms with Crippen molar-refractivity contribution in [3.63, 3.8) is 0 Å². The van der Waals surface area contributed by atoms with Crippen molar-refractivity contribution in [3.8, 4) is 0 Å². The summed E-state index contributed by atoms with van der Waals surface area (Å²) >= 11 is 0. The van der Waals surface area contributed by atoms with E-state index >= 15 is 0 Å². The van der Waals surface area contributed by atoms with E-state index in [1.165, 1.54) is 0 Å². The molecule has 2 aromatic carbocycles. The van der Waals surface area contributed by atoms with Gasteiger partial charge in [-0.25, -0.2) is 0 Å². The van der Waals surface area contributed by atoms with Crippen LogP contribution in [0.25, 0.3) is 0 Å². The zero-order valence-electron chi connectivity index (χ0n) is 8.26. The molecule has 2 aromatic rings. The first-order chi connectivity index (χ1) is 7.42. The number of hydrogen-bond acceptors (Lipinski definition) is 1. The Balaban J connectivity index is 2.38. The number of rotatable bonds is 3. The standard InChI is InChI=1S/C13H11OSi/c14-11-15(12-7-3-1-4-8-12)13-9-5-2-6-10-13/h1-11H. The van der Waals surface area contributed by atoms with Crippen molar-refractivity contribution < 1.29 is 4.79 Å². The lowest BCUT2D eigenvalue weighted by atomic mass is 10.4. The van der Waals surface area contributed by atoms with Crippen LogP contribution in [0.2, 0.25) is 0 Å². The van der Waals surface area contributed by atoms with E-state index in [-0.39, 0.29) is 0 Å². The van der Waals surface area contributed by atoms with Crippen LogP contribution in [0.5, 0.6) is 0 Å². The zero-order valence-corrected chi connectivity index (χ0v) is 9.26. The van der Waals surface area contributed by atoms with Gasteiger partial charge in [0.15, 0.2) is 8.80 Å². The van der Waals surface area contributed by atoms with Gasteiger partial charge in [-0.15, -0.1) is 0 Å². The van der Waals surface area contributed by atoms with Gasteiger partial charge in [-0.1, -0.05) is 60.7 Å². The zero-order chi connectivity index (χ0) is 10.5. The van der Waals surface area contributed by atoms with Crippen LogP contribution in [-0.2, 0) is 4.79 Å². The highest BCUT2D eigenvalue weighted by Gasteiger charge is 2.14. The maximum Gasteiger partial charge on any atom is 0.198 e. The van der Waals surface area contributed by atoms with Crippen LogP contribution in [0.3, 0.4) is 0 Å². The minimum Gasteiger partial charge on any atom is -0.308 e. The SMILES string of the molecule is O=C[Si](c1ccccc1)c1ccccc1. The summed E-state index contributed by atoms with van der Waals surface area (Å²) < 4.78 is 0. The van der Waals surface area contributed by atoms with Gasteiger partial charge >= 0.3 is 0 Å². The van der Waals surface area contributed by atoms with E-state index in [1.807, 2.05) is 60.7 Å². The Kier molecular flexibility index (Phi) is 3.10. The predicted octanol–water partition coefficient (Wildman–Crippen LogP) is 1.07. The van der Waals surface area contributed by atoms with E-state index in [2.05, 4.69) is 0 Å². The fourth-order valence-corrected chi connectivity index (χ4v) is 3.25. The third kappa shape index (κ3) is 2.22. The Morgan fingerprint density at radius 3 is 1.47 bits per heavy atom. The average Bonchev–Trinajstić information content (AvgIpc) is 2.33. The van der Waals surface area contributed by atoms with Gasteiger partial charge in [0.2, 0.25) is 0 Å². The molecule has 2 heteroatoms. The van der Waals surface area contributed by atoms with E-state index in [9.17, 15) is 4.79 Å². The molecule has 0 fully saturated rings. The van der Waals surface area contributed by atoms with Crippen molar-refractivity contribution in [2.45, 2.75) is 0 Å². The van der Waals surface area contributed by atoms with Crippen LogP contribution in [0, 0.1) is 0 Å². The molecular formula is C13H11OSi. The normalized spacial score (nSPS) is 10.2. The highest BCUT2D eigenvalue weighted by atomic mass is 28.3. The summed E-state index contributed by atoms with van der Waals surface area (Å²) in [7, 11) is -1.22. The Morgan fingerprint density at radius 1 is 0.733 bits per heavy atom. The third-order valence-electron chi connectivity index (χ3n) is 2.29. The predicted molar refractivity (Wildman–Crippen MR) is 64.7 cm³/mol. The fourth-order valence-electron chi connectivity index (χ4n) is 1.54. The molecule has 73 valence electrons. The van der Waals surface area contributed by atoms with Crippen LogP contribution in [0.4, 0.5) is 0 Å². The van der Waals surface area contributed by atoms with Gasteiger partial charge in [0.1, 0.15) is 5.91 Å². The van der Waals surface area contributed by atoms with Crippen LogP contribution < -0.4 is 10.4 Å². The van der Waals surface area contributed by atoms with E-state index in [1.54, 1.807) is 0 Å². The summed E-state index contributed by atoms with van der Waals surface area (Å²) in [5, 5.41) is 2.28. The Labute approximate surface area is 91.0 Å². The number of benzene rings is 2. The topological polar surface area (TPSA) is 17.1 Å². The highest BCUT2D eigenvalue weighted by molar-refractivity contribution is 7.04. The summed E-state index contributed by atoms with van der Waals surface area (Å²) in [6, 6.07) is 20.0. The Morgan fingerprint density at radius 2 is 1.13 bits per heavy atom. The summed E-state index contributed by atoms with van der Waals surface area (Å²) in [4.78, 5) is 11.2. The number of carbonyl (C=O) groups is 1. The van der Waals surface area contributed by atoms with Crippen molar-refractivity contribution in [2.75, 3.05) is 0 Å². The summed E-state index contributed by atoms with van der Waals surface area (Å²) in [5.74, 6) is 1.09. The lowest BCUT2D eigenvalue weighted by molar-refractivity contribution is 0.568. The molecule has 0 spiro atoms. The maximum atomic E-state index is 11.2. The van der Waals surface area contributed by atoms with Crippen molar-refractivity contribution in [2.24, 2.45) is 0 Å². The van der Waals surface area contributed by atoms with Crippen LogP contribution >= 0.6 is 0 Å². The van der Waals surface area contributed by atoms with Crippen molar-refractivity contribution in [1.29, 1.82) is 0 Å². The molecule has 0 saturated heterocycles. The monoisotopic (exact) mass is 211 g/mol. The molecule has 15 heavy (non-hydrogen) atoms. The lowest BCUT2D eigenvalue weighted by Gasteiger charge is -2.07. The minimum absolute atomic E-state index is 1.09. The van der Waals surface area contributed by atoms with Gasteiger partial charge in [0.25, 0.3) is 0 Å². The van der Waals surface area contributed by atoms with E-state index in [4.69, 9.17) is 0 Å². The van der Waals surface area contributed by atoms with E-state index in [0.717, 1.165) is 16.3 Å². The highest BCUT2D eigenvalue weighted by Crippen LogP contribution is 1.90. The molecule has 0 amide bonds. The third-order valence-corrected chi connectivity index (χ3v) is 4.43. The number of hydrogen-bond donors (Lipinski definition) is 0. The first kappa shape index (κ1) is 9.87. The first-order valence-corrected chi connectivity index (χ1v) is 6.42. The molecular weight excluding hydrogens is 200 g/mol. The Bertz CT molecular complexity index is 385. The van der Waals surface area contributed by atoms with E-state index in [0.29, 0.717) is 0 Å². The molecule has 2 rings (SSSR count). The molecule has 1 radical (unpaired) electrons. The quantitative estimate of drug-likeness (QED) is 0.548. The van der Waals surface area contributed by atoms with Crippen LogP contribution in [-0.4, -0.2) is 14.7 Å². The largest absolute Gasteiger partial charge is 0.308 e. The maximum absolute atomic E-state index is 11.2. The first-order valence-electron chi connectivity index (χ1n) is 4.85. The Hall–Kier alpha value is -1.67. The van der Waals surface area contributed by atoms with Crippen LogP contribution in [0.15, 0.2) is 60.7 Å². The van der Waals surface area contributed by atoms with Crippen LogP contribution in [0.1, 0.15) is 0 Å². The molecule has 0 aliphatic heterocycles. The fraction of sp³-hybridized carbons (Fsp3) is 0. The second-order valence-electron chi connectivity index (χ2n) is 3.26. The molecule has 0 bridgehead atoms. The second kappa shape index (κ2) is 4.71. The van der Waals surface area contributed by atoms with Gasteiger partial charge in [-0.3, -0.25) is 0 Å². The average molecular weight is 211 g/mol. The van der Waals surface area contributed by atoms with Gasteiger partial charge in [-0.2, -0.15) is 0 Å². The lowest BCUT2D eigenvalue weighted by Crippen LogP contribution is -2.43. The molecule has 0 heterocycles. The van der Waals surface area contributed by atoms with Crippen molar-refractivity contribution >= 4 is 25.1 Å². The van der Waals surface area contributed by atoms with Gasteiger partial charge in [0.05, 0.1) is 0 Å². The second-order valence-corrected chi connectivity index (χ2v) is 5.48. The smallest absolute Gasteiger partial charge is 0.198 e.